The first-order chi connectivity index (χ1) is 13.2. The lowest BCUT2D eigenvalue weighted by atomic mass is 9.85. The van der Waals surface area contributed by atoms with E-state index in [1.165, 1.54) is 17.1 Å². The number of halogens is 1. The highest BCUT2D eigenvalue weighted by atomic mass is 32.1. The Bertz CT molecular complexity index is 911. The lowest BCUT2D eigenvalue weighted by molar-refractivity contribution is 0.109. The number of nitrogens with one attached hydrogen (secondary N) is 1. The standard InChI is InChI=1S/C20H22FN5S/c21-16-3-1-15(2-4-16)17-13-23-19-20(24-7-11-26(17)19)5-9-25(10-6-20)14-18-22-8-12-27-18/h1-4,8,12-13,24H,5-7,9-11,14H2. The van der Waals surface area contributed by atoms with Crippen molar-refractivity contribution in [3.8, 4) is 11.3 Å². The highest BCUT2D eigenvalue weighted by Crippen LogP contribution is 2.37. The molecule has 2 aromatic heterocycles. The fraction of sp³-hybridized carbons (Fsp3) is 0.400. The van der Waals surface area contributed by atoms with E-state index in [1.807, 2.05) is 29.9 Å². The van der Waals surface area contributed by atoms with Crippen molar-refractivity contribution in [1.82, 2.24) is 24.8 Å². The number of nitrogens with zero attached hydrogens (tertiary/aromatic N) is 4. The van der Waals surface area contributed by atoms with Gasteiger partial charge < -0.3 is 9.88 Å². The van der Waals surface area contributed by atoms with Crippen LogP contribution in [0.2, 0.25) is 0 Å². The van der Waals surface area contributed by atoms with E-state index in [9.17, 15) is 4.39 Å². The van der Waals surface area contributed by atoms with E-state index < -0.39 is 0 Å². The lowest BCUT2D eigenvalue weighted by Crippen LogP contribution is -2.55. The molecule has 27 heavy (non-hydrogen) atoms. The zero-order valence-electron chi connectivity index (χ0n) is 15.1. The molecule has 0 amide bonds. The maximum Gasteiger partial charge on any atom is 0.129 e. The van der Waals surface area contributed by atoms with Crippen LogP contribution in [0.25, 0.3) is 11.3 Å². The van der Waals surface area contributed by atoms with E-state index in [-0.39, 0.29) is 11.4 Å². The number of imidazole rings is 1. The summed E-state index contributed by atoms with van der Waals surface area (Å²) < 4.78 is 15.6. The number of fused-ring (bicyclic) bond motifs is 2. The minimum absolute atomic E-state index is 0.0596. The van der Waals surface area contributed by atoms with Crippen LogP contribution in [0.5, 0.6) is 0 Å². The molecular formula is C20H22FN5S. The maximum absolute atomic E-state index is 13.3. The number of hydrogen-bond donors (Lipinski definition) is 1. The van der Waals surface area contributed by atoms with Gasteiger partial charge in [-0.25, -0.2) is 14.4 Å². The smallest absolute Gasteiger partial charge is 0.129 e. The van der Waals surface area contributed by atoms with Crippen molar-refractivity contribution >= 4 is 11.3 Å². The number of piperidine rings is 1. The number of thiazole rings is 1. The average molecular weight is 383 g/mol. The normalized spacial score (nSPS) is 19.3. The van der Waals surface area contributed by atoms with Gasteiger partial charge in [-0.2, -0.15) is 0 Å². The molecule has 7 heteroatoms. The van der Waals surface area contributed by atoms with Gasteiger partial charge in [-0.3, -0.25) is 4.90 Å². The molecule has 1 fully saturated rings. The molecule has 2 aliphatic rings. The molecule has 1 N–H and O–H groups in total. The Balaban J connectivity index is 1.38. The molecule has 4 heterocycles. The van der Waals surface area contributed by atoms with Crippen molar-refractivity contribution in [3.63, 3.8) is 0 Å². The summed E-state index contributed by atoms with van der Waals surface area (Å²) in [6.45, 7) is 4.83. The first-order valence-corrected chi connectivity index (χ1v) is 10.3. The molecular weight excluding hydrogens is 361 g/mol. The molecule has 5 nitrogen and oxygen atoms in total. The van der Waals surface area contributed by atoms with Crippen molar-refractivity contribution in [2.45, 2.75) is 31.5 Å². The maximum atomic E-state index is 13.3. The fourth-order valence-electron chi connectivity index (χ4n) is 4.34. The first kappa shape index (κ1) is 17.0. The van der Waals surface area contributed by atoms with E-state index in [0.29, 0.717) is 0 Å². The number of aromatic nitrogens is 3. The van der Waals surface area contributed by atoms with Gasteiger partial charge >= 0.3 is 0 Å². The zero-order valence-corrected chi connectivity index (χ0v) is 15.9. The third-order valence-corrected chi connectivity index (χ3v) is 6.54. The minimum atomic E-state index is -0.206. The lowest BCUT2D eigenvalue weighted by Gasteiger charge is -2.44. The SMILES string of the molecule is Fc1ccc(-c2cnc3n2CCNC32CCN(Cc3nccs3)CC2)cc1. The number of hydrogen-bond acceptors (Lipinski definition) is 5. The molecule has 0 unspecified atom stereocenters. The van der Waals surface area contributed by atoms with Gasteiger partial charge in [0.05, 0.1) is 24.0 Å². The summed E-state index contributed by atoms with van der Waals surface area (Å²) in [4.78, 5) is 11.7. The highest BCUT2D eigenvalue weighted by Gasteiger charge is 2.42. The molecule has 1 saturated heterocycles. The Labute approximate surface area is 161 Å². The molecule has 3 aromatic rings. The summed E-state index contributed by atoms with van der Waals surface area (Å²) in [5.74, 6) is 0.921. The molecule has 0 radical (unpaired) electrons. The van der Waals surface area contributed by atoms with Crippen LogP contribution in [0, 0.1) is 5.82 Å². The average Bonchev–Trinajstić information content (AvgIpc) is 3.35. The van der Waals surface area contributed by atoms with Crippen LogP contribution >= 0.6 is 11.3 Å². The van der Waals surface area contributed by atoms with Crippen molar-refractivity contribution in [2.75, 3.05) is 19.6 Å². The summed E-state index contributed by atoms with van der Waals surface area (Å²) in [6.07, 6.45) is 5.90. The molecule has 0 atom stereocenters. The minimum Gasteiger partial charge on any atom is -0.325 e. The topological polar surface area (TPSA) is 46.0 Å². The van der Waals surface area contributed by atoms with E-state index in [0.717, 1.165) is 62.6 Å². The van der Waals surface area contributed by atoms with Crippen LogP contribution in [0.4, 0.5) is 4.39 Å². The van der Waals surface area contributed by atoms with Crippen molar-refractivity contribution in [3.05, 3.63) is 58.7 Å². The predicted molar refractivity (Wildman–Crippen MR) is 104 cm³/mol. The van der Waals surface area contributed by atoms with Crippen LogP contribution in [-0.4, -0.2) is 39.1 Å². The second kappa shape index (κ2) is 6.82. The second-order valence-electron chi connectivity index (χ2n) is 7.34. The van der Waals surface area contributed by atoms with Gasteiger partial charge in [0, 0.05) is 37.8 Å². The van der Waals surface area contributed by atoms with E-state index in [2.05, 4.69) is 19.8 Å². The van der Waals surface area contributed by atoms with Gasteiger partial charge in [0.2, 0.25) is 0 Å². The van der Waals surface area contributed by atoms with Crippen LogP contribution in [0.15, 0.2) is 42.0 Å². The largest absolute Gasteiger partial charge is 0.325 e. The molecule has 1 aromatic carbocycles. The third kappa shape index (κ3) is 3.09. The van der Waals surface area contributed by atoms with Crippen molar-refractivity contribution < 1.29 is 4.39 Å². The predicted octanol–water partition coefficient (Wildman–Crippen LogP) is 3.24. The first-order valence-electron chi connectivity index (χ1n) is 9.41. The summed E-state index contributed by atoms with van der Waals surface area (Å²) in [5, 5.41) is 6.98. The fourth-order valence-corrected chi connectivity index (χ4v) is 4.99. The van der Waals surface area contributed by atoms with Gasteiger partial charge in [-0.15, -0.1) is 11.3 Å². The van der Waals surface area contributed by atoms with E-state index >= 15 is 0 Å². The van der Waals surface area contributed by atoms with E-state index in [4.69, 9.17) is 4.98 Å². The van der Waals surface area contributed by atoms with Crippen LogP contribution in [0.1, 0.15) is 23.7 Å². The van der Waals surface area contributed by atoms with Crippen LogP contribution < -0.4 is 5.32 Å². The van der Waals surface area contributed by atoms with Crippen LogP contribution in [-0.2, 0) is 18.6 Å². The Morgan fingerprint density at radius 1 is 1.11 bits per heavy atom. The summed E-state index contributed by atoms with van der Waals surface area (Å²) in [5.41, 5.74) is 2.04. The molecule has 0 aliphatic carbocycles. The number of benzene rings is 1. The van der Waals surface area contributed by atoms with Crippen molar-refractivity contribution in [2.24, 2.45) is 0 Å². The third-order valence-electron chi connectivity index (χ3n) is 5.77. The summed E-state index contributed by atoms with van der Waals surface area (Å²) in [6, 6.07) is 6.71. The van der Waals surface area contributed by atoms with Gasteiger partial charge in [0.15, 0.2) is 0 Å². The van der Waals surface area contributed by atoms with Gasteiger partial charge in [0.25, 0.3) is 0 Å². The number of likely N-dealkylation sites (tertiary alicyclic amines) is 1. The van der Waals surface area contributed by atoms with Gasteiger partial charge in [-0.1, -0.05) is 0 Å². The molecule has 1 spiro atoms. The highest BCUT2D eigenvalue weighted by molar-refractivity contribution is 7.09. The monoisotopic (exact) mass is 383 g/mol. The Kier molecular flexibility index (Phi) is 4.30. The quantitative estimate of drug-likeness (QED) is 0.754. The Morgan fingerprint density at radius 3 is 2.67 bits per heavy atom. The summed E-state index contributed by atoms with van der Waals surface area (Å²) in [7, 11) is 0. The zero-order chi connectivity index (χ0) is 18.3. The summed E-state index contributed by atoms with van der Waals surface area (Å²) >= 11 is 1.72. The molecule has 0 saturated carbocycles. The Morgan fingerprint density at radius 2 is 1.93 bits per heavy atom. The van der Waals surface area contributed by atoms with Gasteiger partial charge in [-0.05, 0) is 42.7 Å². The molecule has 5 rings (SSSR count). The second-order valence-corrected chi connectivity index (χ2v) is 8.32. The molecule has 140 valence electrons. The van der Waals surface area contributed by atoms with Crippen LogP contribution in [0.3, 0.4) is 0 Å². The number of rotatable bonds is 3. The Hall–Kier alpha value is -2.09. The molecule has 0 bridgehead atoms. The van der Waals surface area contributed by atoms with Gasteiger partial charge in [0.1, 0.15) is 16.6 Å². The molecule has 2 aliphatic heterocycles. The van der Waals surface area contributed by atoms with E-state index in [1.54, 1.807) is 11.3 Å². The van der Waals surface area contributed by atoms with Crippen molar-refractivity contribution in [1.29, 1.82) is 0 Å².